The highest BCUT2D eigenvalue weighted by molar-refractivity contribution is 5.65. The third-order valence-electron chi connectivity index (χ3n) is 4.06. The van der Waals surface area contributed by atoms with E-state index < -0.39 is 0 Å². The molecule has 1 fully saturated rings. The van der Waals surface area contributed by atoms with E-state index in [2.05, 4.69) is 5.32 Å². The zero-order chi connectivity index (χ0) is 17.5. The van der Waals surface area contributed by atoms with E-state index in [4.69, 9.17) is 25.7 Å². The molecule has 25 heavy (non-hydrogen) atoms. The van der Waals surface area contributed by atoms with Gasteiger partial charge in [0.25, 0.3) is 0 Å². The van der Waals surface area contributed by atoms with Crippen LogP contribution in [0.2, 0.25) is 0 Å². The number of rotatable bonds is 7. The molecular formula is C19H25N3O3. The Morgan fingerprint density at radius 2 is 1.76 bits per heavy atom. The third-order valence-corrected chi connectivity index (χ3v) is 4.06. The van der Waals surface area contributed by atoms with Crippen LogP contribution in [0.25, 0.3) is 0 Å². The minimum atomic E-state index is 0.306. The molecule has 0 spiro atoms. The van der Waals surface area contributed by atoms with E-state index in [-0.39, 0.29) is 0 Å². The maximum atomic E-state index is 5.78. The molecule has 1 aliphatic heterocycles. The van der Waals surface area contributed by atoms with Gasteiger partial charge >= 0.3 is 0 Å². The molecule has 1 saturated heterocycles. The molecule has 1 aliphatic rings. The summed E-state index contributed by atoms with van der Waals surface area (Å²) >= 11 is 0. The normalized spacial score (nSPS) is 17.2. The quantitative estimate of drug-likeness (QED) is 0.529. The largest absolute Gasteiger partial charge is 0.494 e. The molecule has 0 saturated carbocycles. The maximum Gasteiger partial charge on any atom is 0.129 e. The first-order chi connectivity index (χ1) is 12.2. The van der Waals surface area contributed by atoms with Gasteiger partial charge in [0.1, 0.15) is 17.2 Å². The smallest absolute Gasteiger partial charge is 0.129 e. The van der Waals surface area contributed by atoms with Crippen LogP contribution in [0.15, 0.2) is 42.5 Å². The molecule has 1 atom stereocenters. The molecule has 134 valence electrons. The SMILES string of the molecule is Nc1ccc(Oc2ccc(OCCCC3CNCCO3)cc2)cc1N. The van der Waals surface area contributed by atoms with Gasteiger partial charge in [0, 0.05) is 19.2 Å². The number of nitrogen functional groups attached to an aromatic ring is 2. The van der Waals surface area contributed by atoms with Gasteiger partial charge in [-0.1, -0.05) is 0 Å². The van der Waals surface area contributed by atoms with Crippen molar-refractivity contribution in [2.45, 2.75) is 18.9 Å². The molecule has 0 amide bonds. The number of ether oxygens (including phenoxy) is 3. The molecule has 3 rings (SSSR count). The first-order valence-electron chi connectivity index (χ1n) is 8.59. The van der Waals surface area contributed by atoms with Crippen LogP contribution in [0.1, 0.15) is 12.8 Å². The van der Waals surface area contributed by atoms with Crippen LogP contribution in [-0.4, -0.2) is 32.4 Å². The lowest BCUT2D eigenvalue weighted by atomic mass is 10.2. The van der Waals surface area contributed by atoms with E-state index in [9.17, 15) is 0 Å². The Kier molecular flexibility index (Phi) is 5.98. The second kappa shape index (κ2) is 8.60. The molecule has 2 aromatic carbocycles. The molecule has 0 aliphatic carbocycles. The van der Waals surface area contributed by atoms with Crippen molar-refractivity contribution < 1.29 is 14.2 Å². The van der Waals surface area contributed by atoms with Crippen molar-refractivity contribution in [2.75, 3.05) is 37.8 Å². The topological polar surface area (TPSA) is 91.8 Å². The average molecular weight is 343 g/mol. The number of anilines is 2. The molecule has 1 heterocycles. The molecule has 0 radical (unpaired) electrons. The Balaban J connectivity index is 1.42. The van der Waals surface area contributed by atoms with Gasteiger partial charge in [-0.05, 0) is 49.2 Å². The standard InChI is InChI=1S/C19H25N3O3/c20-18-8-7-16(12-19(18)21)25-15-5-3-14(4-6-15)23-10-1-2-17-13-22-9-11-24-17/h3-8,12,17,22H,1-2,9-11,13,20-21H2. The van der Waals surface area contributed by atoms with Gasteiger partial charge in [0.2, 0.25) is 0 Å². The monoisotopic (exact) mass is 343 g/mol. The zero-order valence-electron chi connectivity index (χ0n) is 14.2. The Morgan fingerprint density at radius 1 is 1.00 bits per heavy atom. The minimum Gasteiger partial charge on any atom is -0.494 e. The fourth-order valence-electron chi connectivity index (χ4n) is 2.66. The van der Waals surface area contributed by atoms with Crippen molar-refractivity contribution in [3.8, 4) is 17.2 Å². The summed E-state index contributed by atoms with van der Waals surface area (Å²) in [6.07, 6.45) is 2.28. The summed E-state index contributed by atoms with van der Waals surface area (Å²) in [6.45, 7) is 3.35. The number of hydrogen-bond donors (Lipinski definition) is 3. The second-order valence-corrected chi connectivity index (χ2v) is 6.05. The predicted molar refractivity (Wildman–Crippen MR) is 99.1 cm³/mol. The first kappa shape index (κ1) is 17.4. The third kappa shape index (κ3) is 5.27. The fraction of sp³-hybridized carbons (Fsp3) is 0.368. The lowest BCUT2D eigenvalue weighted by Gasteiger charge is -2.23. The molecule has 2 aromatic rings. The maximum absolute atomic E-state index is 5.78. The van der Waals surface area contributed by atoms with E-state index in [0.717, 1.165) is 44.0 Å². The van der Waals surface area contributed by atoms with Crippen molar-refractivity contribution in [3.63, 3.8) is 0 Å². The second-order valence-electron chi connectivity index (χ2n) is 6.05. The predicted octanol–water partition coefficient (Wildman–Crippen LogP) is 2.79. The molecule has 5 N–H and O–H groups in total. The zero-order valence-corrected chi connectivity index (χ0v) is 14.2. The van der Waals surface area contributed by atoms with Crippen LogP contribution in [0.5, 0.6) is 17.2 Å². The van der Waals surface area contributed by atoms with E-state index >= 15 is 0 Å². The molecule has 6 nitrogen and oxygen atoms in total. The summed E-state index contributed by atoms with van der Waals surface area (Å²) in [7, 11) is 0. The highest BCUT2D eigenvalue weighted by Gasteiger charge is 2.12. The lowest BCUT2D eigenvalue weighted by Crippen LogP contribution is -2.38. The van der Waals surface area contributed by atoms with Crippen LogP contribution in [0.3, 0.4) is 0 Å². The Morgan fingerprint density at radius 3 is 2.48 bits per heavy atom. The van der Waals surface area contributed by atoms with Crippen molar-refractivity contribution >= 4 is 11.4 Å². The van der Waals surface area contributed by atoms with E-state index in [1.165, 1.54) is 0 Å². The Labute approximate surface area is 148 Å². The van der Waals surface area contributed by atoms with Gasteiger partial charge in [-0.25, -0.2) is 0 Å². The van der Waals surface area contributed by atoms with Crippen molar-refractivity contribution in [1.82, 2.24) is 5.32 Å². The molecular weight excluding hydrogens is 318 g/mol. The number of hydrogen-bond acceptors (Lipinski definition) is 6. The number of benzene rings is 2. The minimum absolute atomic E-state index is 0.306. The first-order valence-corrected chi connectivity index (χ1v) is 8.59. The van der Waals surface area contributed by atoms with Crippen LogP contribution in [0.4, 0.5) is 11.4 Å². The molecule has 0 bridgehead atoms. The molecule has 0 aromatic heterocycles. The van der Waals surface area contributed by atoms with Gasteiger partial charge in [-0.3, -0.25) is 0 Å². The van der Waals surface area contributed by atoms with Crippen LogP contribution in [0, 0.1) is 0 Å². The number of morpholine rings is 1. The summed E-state index contributed by atoms with van der Waals surface area (Å²) < 4.78 is 17.2. The van der Waals surface area contributed by atoms with Gasteiger partial charge in [0.05, 0.1) is 30.7 Å². The Bertz CT molecular complexity index is 670. The van der Waals surface area contributed by atoms with Crippen LogP contribution >= 0.6 is 0 Å². The summed E-state index contributed by atoms with van der Waals surface area (Å²) in [5.74, 6) is 2.20. The lowest BCUT2D eigenvalue weighted by molar-refractivity contribution is 0.0204. The summed E-state index contributed by atoms with van der Waals surface area (Å²) in [6, 6.07) is 12.8. The van der Waals surface area contributed by atoms with E-state index in [1.54, 1.807) is 18.2 Å². The van der Waals surface area contributed by atoms with Crippen LogP contribution in [-0.2, 0) is 4.74 Å². The summed E-state index contributed by atoms with van der Waals surface area (Å²) in [4.78, 5) is 0. The Hall–Kier alpha value is -2.44. The van der Waals surface area contributed by atoms with Gasteiger partial charge in [-0.15, -0.1) is 0 Å². The summed E-state index contributed by atoms with van der Waals surface area (Å²) in [5, 5.41) is 3.33. The highest BCUT2D eigenvalue weighted by Crippen LogP contribution is 2.27. The van der Waals surface area contributed by atoms with Crippen LogP contribution < -0.4 is 26.3 Å². The average Bonchev–Trinajstić information content (AvgIpc) is 2.64. The van der Waals surface area contributed by atoms with Crippen molar-refractivity contribution in [1.29, 1.82) is 0 Å². The number of nitrogens with two attached hydrogens (primary N) is 2. The number of nitrogens with one attached hydrogen (secondary N) is 1. The summed E-state index contributed by atoms with van der Waals surface area (Å²) in [5.41, 5.74) is 12.5. The van der Waals surface area contributed by atoms with Gasteiger partial charge < -0.3 is 31.0 Å². The van der Waals surface area contributed by atoms with Gasteiger partial charge in [0.15, 0.2) is 0 Å². The van der Waals surface area contributed by atoms with Crippen molar-refractivity contribution in [2.24, 2.45) is 0 Å². The van der Waals surface area contributed by atoms with E-state index in [1.807, 2.05) is 24.3 Å². The highest BCUT2D eigenvalue weighted by atomic mass is 16.5. The van der Waals surface area contributed by atoms with Crippen molar-refractivity contribution in [3.05, 3.63) is 42.5 Å². The molecule has 6 heteroatoms. The van der Waals surface area contributed by atoms with E-state index in [0.29, 0.717) is 29.8 Å². The molecule has 1 unspecified atom stereocenters. The fourth-order valence-corrected chi connectivity index (χ4v) is 2.66. The van der Waals surface area contributed by atoms with Gasteiger partial charge in [-0.2, -0.15) is 0 Å².